The zero-order valence-electron chi connectivity index (χ0n) is 10.8. The summed E-state index contributed by atoms with van der Waals surface area (Å²) in [4.78, 5) is 11.6. The van der Waals surface area contributed by atoms with E-state index in [1.54, 1.807) is 4.74 Å². The lowest BCUT2D eigenvalue weighted by molar-refractivity contribution is -0.525. The van der Waals surface area contributed by atoms with Crippen molar-refractivity contribution in [2.75, 3.05) is 6.61 Å². The summed E-state index contributed by atoms with van der Waals surface area (Å²) in [6.07, 6.45) is -20.1. The van der Waals surface area contributed by atoms with Crippen LogP contribution < -0.4 is 0 Å². The van der Waals surface area contributed by atoms with Gasteiger partial charge in [-0.1, -0.05) is 6.58 Å². The lowest BCUT2D eigenvalue weighted by Crippen LogP contribution is -2.60. The molecule has 0 saturated carbocycles. The highest BCUT2D eigenvalue weighted by Gasteiger charge is 2.79. The molecule has 0 aliphatic heterocycles. The molecule has 0 aromatic heterocycles. The molecule has 0 aliphatic carbocycles. The zero-order valence-corrected chi connectivity index (χ0v) is 10.8. The van der Waals surface area contributed by atoms with Crippen LogP contribution in [0.5, 0.6) is 0 Å². The molecular formula is C9H5F11O4. The van der Waals surface area contributed by atoms with Gasteiger partial charge in [-0.15, -0.1) is 4.94 Å². The predicted molar refractivity (Wildman–Crippen MR) is 49.2 cm³/mol. The molecule has 0 spiro atoms. The molecule has 0 heterocycles. The van der Waals surface area contributed by atoms with Crippen LogP contribution in [0.4, 0.5) is 48.4 Å². The molecule has 0 saturated heterocycles. The molecule has 24 heavy (non-hydrogen) atoms. The Morgan fingerprint density at radius 1 is 0.875 bits per heavy atom. The maximum absolute atomic E-state index is 12.9. The van der Waals surface area contributed by atoms with Gasteiger partial charge in [0, 0.05) is 6.08 Å². The molecule has 0 aliphatic rings. The van der Waals surface area contributed by atoms with Gasteiger partial charge in [-0.2, -0.15) is 43.9 Å². The molecule has 0 aromatic carbocycles. The summed E-state index contributed by atoms with van der Waals surface area (Å²) in [5, 5.41) is 0. The van der Waals surface area contributed by atoms with Crippen LogP contribution in [0.15, 0.2) is 12.7 Å². The van der Waals surface area contributed by atoms with Gasteiger partial charge in [0.25, 0.3) is 0 Å². The first-order chi connectivity index (χ1) is 10.5. The largest absolute Gasteiger partial charge is 0.458 e. The summed E-state index contributed by atoms with van der Waals surface area (Å²) >= 11 is 0. The van der Waals surface area contributed by atoms with Crippen LogP contribution in [0.25, 0.3) is 0 Å². The second-order valence-electron chi connectivity index (χ2n) is 3.82. The highest BCUT2D eigenvalue weighted by atomic mass is 19.4. The maximum atomic E-state index is 12.9. The lowest BCUT2D eigenvalue weighted by atomic mass is 10.2. The molecule has 0 aromatic rings. The van der Waals surface area contributed by atoms with Crippen LogP contribution in [-0.2, 0) is 19.2 Å². The van der Waals surface area contributed by atoms with E-state index in [0.717, 1.165) is 0 Å². The minimum Gasteiger partial charge on any atom is -0.456 e. The first kappa shape index (κ1) is 22.4. The fourth-order valence-corrected chi connectivity index (χ4v) is 0.822. The van der Waals surface area contributed by atoms with Crippen LogP contribution in [-0.4, -0.2) is 42.7 Å². The van der Waals surface area contributed by atoms with E-state index in [-0.39, 0.29) is 6.08 Å². The first-order valence-electron chi connectivity index (χ1n) is 5.15. The van der Waals surface area contributed by atoms with Crippen LogP contribution >= 0.6 is 0 Å². The quantitative estimate of drug-likeness (QED) is 0.345. The molecule has 0 rings (SSSR count). The highest BCUT2D eigenvalue weighted by molar-refractivity contribution is 5.81. The maximum Gasteiger partial charge on any atom is 0.458 e. The number of hydrogen-bond acceptors (Lipinski definition) is 4. The second-order valence-corrected chi connectivity index (χ2v) is 3.82. The van der Waals surface area contributed by atoms with E-state index in [4.69, 9.17) is 0 Å². The van der Waals surface area contributed by atoms with Crippen molar-refractivity contribution in [3.63, 3.8) is 0 Å². The molecule has 0 atom stereocenters. The summed E-state index contributed by atoms with van der Waals surface area (Å²) in [5.74, 6) is -14.7. The van der Waals surface area contributed by atoms with Crippen LogP contribution in [0, 0.1) is 0 Å². The van der Waals surface area contributed by atoms with Gasteiger partial charge in [0.05, 0.1) is 0 Å². The van der Waals surface area contributed by atoms with E-state index in [1.165, 1.54) is 4.94 Å². The van der Waals surface area contributed by atoms with E-state index in [2.05, 4.69) is 11.3 Å². The van der Waals surface area contributed by atoms with Crippen LogP contribution in [0.2, 0.25) is 0 Å². The van der Waals surface area contributed by atoms with Crippen molar-refractivity contribution < 1.29 is 67.6 Å². The second kappa shape index (κ2) is 6.70. The van der Waals surface area contributed by atoms with Crippen molar-refractivity contribution in [3.8, 4) is 0 Å². The van der Waals surface area contributed by atoms with Gasteiger partial charge in [-0.05, 0) is 4.53 Å². The van der Waals surface area contributed by atoms with Gasteiger partial charge < -0.3 is 4.74 Å². The van der Waals surface area contributed by atoms with E-state index >= 15 is 0 Å². The molecule has 0 N–H and O–H groups in total. The molecule has 142 valence electrons. The summed E-state index contributed by atoms with van der Waals surface area (Å²) in [6, 6.07) is 0. The SMILES string of the molecule is C=CC(=O)OCC(F)(F)C(F)(F)OC(F)(F)C(F)(F)C(F)(F)OF. The van der Waals surface area contributed by atoms with Gasteiger partial charge in [0.15, 0.2) is 6.61 Å². The third-order valence-electron chi connectivity index (χ3n) is 2.07. The van der Waals surface area contributed by atoms with Crippen molar-refractivity contribution in [3.05, 3.63) is 12.7 Å². The minimum absolute atomic E-state index is 0.191. The number of rotatable bonds is 9. The fraction of sp³-hybridized carbons (Fsp3) is 0.667. The Kier molecular flexibility index (Phi) is 6.24. The smallest absolute Gasteiger partial charge is 0.456 e. The average molecular weight is 386 g/mol. The van der Waals surface area contributed by atoms with E-state index < -0.39 is 42.7 Å². The van der Waals surface area contributed by atoms with Gasteiger partial charge in [-0.3, -0.25) is 0 Å². The van der Waals surface area contributed by atoms with Crippen molar-refractivity contribution in [1.82, 2.24) is 0 Å². The molecule has 0 amide bonds. The van der Waals surface area contributed by atoms with Crippen molar-refractivity contribution in [1.29, 1.82) is 0 Å². The average Bonchev–Trinajstić information content (AvgIpc) is 2.42. The molecule has 0 unspecified atom stereocenters. The Hall–Kier alpha value is -1.64. The third kappa shape index (κ3) is 4.25. The number of alkyl halides is 10. The number of ether oxygens (including phenoxy) is 2. The number of hydrogen-bond donors (Lipinski definition) is 0. The molecule has 0 radical (unpaired) electrons. The lowest BCUT2D eigenvalue weighted by Gasteiger charge is -2.33. The zero-order chi connectivity index (χ0) is 19.6. The first-order valence-corrected chi connectivity index (χ1v) is 5.15. The topological polar surface area (TPSA) is 44.8 Å². The highest BCUT2D eigenvalue weighted by Crippen LogP contribution is 2.51. The molecule has 15 heteroatoms. The third-order valence-corrected chi connectivity index (χ3v) is 2.07. The summed E-state index contributed by atoms with van der Waals surface area (Å²) in [5.41, 5.74) is 0. The summed E-state index contributed by atoms with van der Waals surface area (Å²) in [6.45, 7) is -0.00268. The Bertz CT molecular complexity index is 476. The normalized spacial score (nSPS) is 14.5. The molecule has 4 nitrogen and oxygen atoms in total. The Morgan fingerprint density at radius 2 is 1.33 bits per heavy atom. The number of esters is 1. The number of halogens is 11. The van der Waals surface area contributed by atoms with Crippen LogP contribution in [0.3, 0.4) is 0 Å². The van der Waals surface area contributed by atoms with Gasteiger partial charge in [0.2, 0.25) is 0 Å². The minimum atomic E-state index is -7.12. The summed E-state index contributed by atoms with van der Waals surface area (Å²) < 4.78 is 143. The van der Waals surface area contributed by atoms with Gasteiger partial charge in [-0.25, -0.2) is 9.53 Å². The van der Waals surface area contributed by atoms with E-state index in [9.17, 15) is 53.2 Å². The Balaban J connectivity index is 5.45. The molecule has 0 bridgehead atoms. The van der Waals surface area contributed by atoms with Crippen molar-refractivity contribution >= 4 is 5.97 Å². The Labute approximate surface area is 124 Å². The predicted octanol–water partition coefficient (Wildman–Crippen LogP) is 3.68. The van der Waals surface area contributed by atoms with E-state index in [1.807, 2.05) is 0 Å². The molecular weight excluding hydrogens is 381 g/mol. The van der Waals surface area contributed by atoms with Crippen molar-refractivity contribution in [2.24, 2.45) is 0 Å². The monoisotopic (exact) mass is 386 g/mol. The van der Waals surface area contributed by atoms with E-state index in [0.29, 0.717) is 0 Å². The summed E-state index contributed by atoms with van der Waals surface area (Å²) in [7, 11) is 0. The van der Waals surface area contributed by atoms with Gasteiger partial charge in [0.1, 0.15) is 0 Å². The van der Waals surface area contributed by atoms with Crippen LogP contribution in [0.1, 0.15) is 0 Å². The Morgan fingerprint density at radius 3 is 1.71 bits per heavy atom. The molecule has 0 fully saturated rings. The standard InChI is InChI=1S/C9H5F11O4/c1-2-4(21)22-3-5(10,11)7(14,15)23-8(16,17)6(12,13)9(18,19)24-20/h2H,1,3H2. The number of carbonyl (C=O) groups excluding carboxylic acids is 1. The number of carbonyl (C=O) groups is 1. The fourth-order valence-electron chi connectivity index (χ4n) is 0.822. The van der Waals surface area contributed by atoms with Crippen molar-refractivity contribution in [2.45, 2.75) is 30.2 Å². The van der Waals surface area contributed by atoms with Gasteiger partial charge >= 0.3 is 36.1 Å².